The van der Waals surface area contributed by atoms with Crippen LogP contribution >= 0.6 is 0 Å². The molecule has 1 nitrogen and oxygen atoms in total. The van der Waals surface area contributed by atoms with Crippen LogP contribution in [0.25, 0.3) is 0 Å². The van der Waals surface area contributed by atoms with E-state index in [1.807, 2.05) is 18.2 Å². The second-order valence-electron chi connectivity index (χ2n) is 7.05. The molecule has 0 saturated carbocycles. The van der Waals surface area contributed by atoms with Gasteiger partial charge in [-0.3, -0.25) is 4.79 Å². The minimum atomic E-state index is 0.187. The largest absolute Gasteiger partial charge is 0.295 e. The molecule has 0 spiro atoms. The lowest BCUT2D eigenvalue weighted by Crippen LogP contribution is -1.91. The van der Waals surface area contributed by atoms with Crippen molar-refractivity contribution in [2.24, 2.45) is 0 Å². The van der Waals surface area contributed by atoms with Crippen molar-refractivity contribution in [1.82, 2.24) is 0 Å². The lowest BCUT2D eigenvalue weighted by atomic mass is 10.0. The number of rotatable bonds is 19. The van der Waals surface area contributed by atoms with E-state index in [1.54, 1.807) is 6.08 Å². The quantitative estimate of drug-likeness (QED) is 0.130. The van der Waals surface area contributed by atoms with Crippen LogP contribution in [0.2, 0.25) is 0 Å². The predicted molar refractivity (Wildman–Crippen MR) is 117 cm³/mol. The Morgan fingerprint density at radius 2 is 1.08 bits per heavy atom. The van der Waals surface area contributed by atoms with Crippen molar-refractivity contribution >= 4 is 5.78 Å². The van der Waals surface area contributed by atoms with E-state index in [2.05, 4.69) is 25.8 Å². The summed E-state index contributed by atoms with van der Waals surface area (Å²) in [5.74, 6) is 0.187. The molecule has 0 aliphatic carbocycles. The van der Waals surface area contributed by atoms with Crippen molar-refractivity contribution in [3.8, 4) is 0 Å². The van der Waals surface area contributed by atoms with Gasteiger partial charge in [0.05, 0.1) is 0 Å². The number of unbranched alkanes of at least 4 members (excludes halogenated alkanes) is 11. The van der Waals surface area contributed by atoms with E-state index in [-0.39, 0.29) is 5.78 Å². The van der Waals surface area contributed by atoms with Gasteiger partial charge >= 0.3 is 0 Å². The fourth-order valence-electron chi connectivity index (χ4n) is 2.94. The first kappa shape index (κ1) is 24.4. The van der Waals surface area contributed by atoms with E-state index in [0.29, 0.717) is 6.42 Å². The van der Waals surface area contributed by atoms with Crippen LogP contribution in [0, 0.1) is 0 Å². The summed E-state index contributed by atoms with van der Waals surface area (Å²) in [5, 5.41) is 0. The van der Waals surface area contributed by atoms with Crippen molar-refractivity contribution in [2.45, 2.75) is 89.9 Å². The molecule has 0 aromatic heterocycles. The Balaban J connectivity index is 3.24. The monoisotopic (exact) mass is 356 g/mol. The van der Waals surface area contributed by atoms with Crippen LogP contribution in [-0.2, 0) is 4.79 Å². The van der Waals surface area contributed by atoms with Gasteiger partial charge in [-0.25, -0.2) is 0 Å². The summed E-state index contributed by atoms with van der Waals surface area (Å²) in [6.45, 7) is 11.2. The van der Waals surface area contributed by atoms with Crippen molar-refractivity contribution in [3.63, 3.8) is 0 Å². The van der Waals surface area contributed by atoms with Gasteiger partial charge in [-0.2, -0.15) is 0 Å². The molecule has 0 rings (SSSR count). The molecule has 0 amide bonds. The average Bonchev–Trinajstić information content (AvgIpc) is 2.65. The Kier molecular flexibility index (Phi) is 18.5. The third-order valence-electron chi connectivity index (χ3n) is 4.59. The Morgan fingerprint density at radius 3 is 1.54 bits per heavy atom. The topological polar surface area (TPSA) is 17.1 Å². The maximum atomic E-state index is 11.1. The van der Waals surface area contributed by atoms with E-state index >= 15 is 0 Å². The molecular formula is C25H40O. The zero-order valence-corrected chi connectivity index (χ0v) is 16.9. The van der Waals surface area contributed by atoms with Crippen LogP contribution in [0.3, 0.4) is 0 Å². The highest BCUT2D eigenvalue weighted by atomic mass is 16.1. The van der Waals surface area contributed by atoms with Crippen LogP contribution in [0.1, 0.15) is 89.9 Å². The third kappa shape index (κ3) is 18.7. The number of carbonyl (C=O) groups excluding carboxylic acids is 1. The van der Waals surface area contributed by atoms with Gasteiger partial charge in [0.25, 0.3) is 0 Å². The van der Waals surface area contributed by atoms with E-state index < -0.39 is 0 Å². The Bertz CT molecular complexity index is 439. The van der Waals surface area contributed by atoms with E-state index in [0.717, 1.165) is 12.8 Å². The first-order valence-electron chi connectivity index (χ1n) is 10.5. The molecule has 0 unspecified atom stereocenters. The standard InChI is InChI=1S/C25H40O/c1-4-6-7-18-21-24(3)22-19-16-14-12-10-8-9-11-13-15-17-20-23-25(26)5-2/h4-7,18,21H,1-3,8-17,19-20,22-23H2/b7-6+,21-18+. The summed E-state index contributed by atoms with van der Waals surface area (Å²) < 4.78 is 0. The van der Waals surface area contributed by atoms with Gasteiger partial charge < -0.3 is 0 Å². The van der Waals surface area contributed by atoms with E-state index in [1.165, 1.54) is 82.3 Å². The molecule has 0 heterocycles. The highest BCUT2D eigenvalue weighted by Crippen LogP contribution is 2.14. The fraction of sp³-hybridized carbons (Fsp3) is 0.560. The molecule has 26 heavy (non-hydrogen) atoms. The zero-order chi connectivity index (χ0) is 19.3. The number of ketones is 1. The van der Waals surface area contributed by atoms with Gasteiger partial charge in [-0.1, -0.05) is 120 Å². The average molecular weight is 357 g/mol. The maximum Gasteiger partial charge on any atom is 0.155 e. The summed E-state index contributed by atoms with van der Waals surface area (Å²) in [4.78, 5) is 11.1. The molecule has 0 saturated heterocycles. The second-order valence-corrected chi connectivity index (χ2v) is 7.05. The van der Waals surface area contributed by atoms with Crippen molar-refractivity contribution in [1.29, 1.82) is 0 Å². The summed E-state index contributed by atoms with van der Waals surface area (Å²) in [6, 6.07) is 0. The van der Waals surface area contributed by atoms with Gasteiger partial charge in [0.2, 0.25) is 0 Å². The van der Waals surface area contributed by atoms with Crippen LogP contribution in [-0.4, -0.2) is 5.78 Å². The summed E-state index contributed by atoms with van der Waals surface area (Å²) >= 11 is 0. The van der Waals surface area contributed by atoms with Crippen molar-refractivity contribution in [2.75, 3.05) is 0 Å². The van der Waals surface area contributed by atoms with Crippen LogP contribution in [0.15, 0.2) is 61.8 Å². The van der Waals surface area contributed by atoms with Gasteiger partial charge in [0.1, 0.15) is 0 Å². The maximum absolute atomic E-state index is 11.1. The molecular weight excluding hydrogens is 316 g/mol. The lowest BCUT2D eigenvalue weighted by molar-refractivity contribution is -0.114. The molecule has 146 valence electrons. The van der Waals surface area contributed by atoms with E-state index in [9.17, 15) is 4.79 Å². The van der Waals surface area contributed by atoms with Gasteiger partial charge in [-0.15, -0.1) is 0 Å². The third-order valence-corrected chi connectivity index (χ3v) is 4.59. The van der Waals surface area contributed by atoms with E-state index in [4.69, 9.17) is 0 Å². The normalized spacial score (nSPS) is 11.2. The van der Waals surface area contributed by atoms with Crippen LogP contribution in [0.4, 0.5) is 0 Å². The van der Waals surface area contributed by atoms with Crippen LogP contribution in [0.5, 0.6) is 0 Å². The van der Waals surface area contributed by atoms with Gasteiger partial charge in [0.15, 0.2) is 5.78 Å². The molecule has 0 fully saturated rings. The highest BCUT2D eigenvalue weighted by molar-refractivity contribution is 5.88. The molecule has 0 bridgehead atoms. The summed E-state index contributed by atoms with van der Waals surface area (Å²) in [6.07, 6.45) is 28.6. The number of carbonyl (C=O) groups is 1. The Labute approximate surface area is 162 Å². The molecule has 1 heteroatoms. The first-order valence-corrected chi connectivity index (χ1v) is 10.5. The summed E-state index contributed by atoms with van der Waals surface area (Å²) in [5.41, 5.74) is 1.22. The molecule has 0 aliphatic heterocycles. The molecule has 0 aliphatic rings. The molecule has 0 aromatic carbocycles. The Morgan fingerprint density at radius 1 is 0.615 bits per heavy atom. The smallest absolute Gasteiger partial charge is 0.155 e. The Hall–Kier alpha value is -1.63. The minimum Gasteiger partial charge on any atom is -0.295 e. The zero-order valence-electron chi connectivity index (χ0n) is 16.9. The molecule has 0 radical (unpaired) electrons. The number of allylic oxidation sites excluding steroid dienone is 7. The van der Waals surface area contributed by atoms with Gasteiger partial charge in [-0.05, 0) is 25.3 Å². The van der Waals surface area contributed by atoms with Gasteiger partial charge in [0, 0.05) is 6.42 Å². The molecule has 0 N–H and O–H groups in total. The van der Waals surface area contributed by atoms with Crippen LogP contribution < -0.4 is 0 Å². The molecule has 0 aromatic rings. The lowest BCUT2D eigenvalue weighted by Gasteiger charge is -2.03. The predicted octanol–water partition coefficient (Wildman–Crippen LogP) is 8.06. The highest BCUT2D eigenvalue weighted by Gasteiger charge is 1.97. The summed E-state index contributed by atoms with van der Waals surface area (Å²) in [7, 11) is 0. The number of hydrogen-bond donors (Lipinski definition) is 0. The second kappa shape index (κ2) is 19.7. The molecule has 0 atom stereocenters. The number of hydrogen-bond acceptors (Lipinski definition) is 1. The fourth-order valence-corrected chi connectivity index (χ4v) is 2.94. The first-order chi connectivity index (χ1) is 12.7. The SMILES string of the molecule is C=C/C=C/C=C/C(=C)CCCCCCCCCCCCCCC(=O)C=C. The van der Waals surface area contributed by atoms with Crippen molar-refractivity contribution < 1.29 is 4.79 Å². The van der Waals surface area contributed by atoms with Crippen molar-refractivity contribution in [3.05, 3.63) is 61.8 Å². The minimum absolute atomic E-state index is 0.187.